The van der Waals surface area contributed by atoms with Gasteiger partial charge in [0.05, 0.1) is 19.4 Å². The van der Waals surface area contributed by atoms with E-state index in [0.717, 1.165) is 17.0 Å². The number of hydrogen-bond acceptors (Lipinski definition) is 9. The zero-order valence-electron chi connectivity index (χ0n) is 19.7. The topological polar surface area (TPSA) is 115 Å². The van der Waals surface area contributed by atoms with E-state index in [-0.39, 0.29) is 11.4 Å². The van der Waals surface area contributed by atoms with Crippen molar-refractivity contribution >= 4 is 17.0 Å². The highest BCUT2D eigenvalue weighted by molar-refractivity contribution is 5.89. The molecule has 0 unspecified atom stereocenters. The van der Waals surface area contributed by atoms with Crippen molar-refractivity contribution in [2.45, 2.75) is 13.5 Å². The summed E-state index contributed by atoms with van der Waals surface area (Å²) in [6.07, 6.45) is 4.89. The smallest absolute Gasteiger partial charge is 0.186 e. The van der Waals surface area contributed by atoms with Gasteiger partial charge in [-0.1, -0.05) is 30.3 Å². The average molecular weight is 481 g/mol. The molecular formula is C26H24N8O2. The van der Waals surface area contributed by atoms with Crippen molar-refractivity contribution in [3.63, 3.8) is 0 Å². The van der Waals surface area contributed by atoms with Crippen LogP contribution in [0, 0.1) is 0 Å². The first-order valence-corrected chi connectivity index (χ1v) is 11.9. The fraction of sp³-hybridized carbons (Fsp3) is 0.231. The maximum Gasteiger partial charge on any atom is 0.186 e. The number of rotatable bonds is 5. The van der Waals surface area contributed by atoms with Crippen LogP contribution in [0.2, 0.25) is 0 Å². The number of hydrogen-bond donors (Lipinski definition) is 1. The Bertz CT molecular complexity index is 1520. The molecule has 0 bridgehead atoms. The molecular weight excluding hydrogens is 456 g/mol. The molecule has 0 atom stereocenters. The van der Waals surface area contributed by atoms with Gasteiger partial charge in [-0.05, 0) is 19.1 Å². The van der Waals surface area contributed by atoms with Gasteiger partial charge in [-0.25, -0.2) is 24.9 Å². The van der Waals surface area contributed by atoms with Crippen molar-refractivity contribution in [1.29, 1.82) is 0 Å². The number of anilines is 1. The molecule has 1 N–H and O–H groups in total. The van der Waals surface area contributed by atoms with Crippen molar-refractivity contribution in [2.24, 2.45) is 0 Å². The van der Waals surface area contributed by atoms with Crippen LogP contribution in [0.25, 0.3) is 45.5 Å². The first-order valence-electron chi connectivity index (χ1n) is 11.9. The third kappa shape index (κ3) is 3.91. The molecule has 0 amide bonds. The third-order valence-corrected chi connectivity index (χ3v) is 6.15. The second-order valence-corrected chi connectivity index (χ2v) is 8.35. The molecule has 0 radical (unpaired) electrons. The molecule has 1 aliphatic heterocycles. The molecule has 10 heteroatoms. The Hall–Kier alpha value is -4.44. The molecule has 1 saturated heterocycles. The summed E-state index contributed by atoms with van der Waals surface area (Å²) >= 11 is 0. The molecule has 4 aromatic heterocycles. The summed E-state index contributed by atoms with van der Waals surface area (Å²) < 4.78 is 7.62. The Morgan fingerprint density at radius 3 is 2.42 bits per heavy atom. The molecule has 180 valence electrons. The van der Waals surface area contributed by atoms with Crippen LogP contribution in [-0.4, -0.2) is 65.9 Å². The van der Waals surface area contributed by atoms with Crippen LogP contribution in [0.15, 0.2) is 61.1 Å². The minimum Gasteiger partial charge on any atom is -0.504 e. The van der Waals surface area contributed by atoms with E-state index in [9.17, 15) is 5.11 Å². The molecule has 5 heterocycles. The maximum atomic E-state index is 10.8. The highest BCUT2D eigenvalue weighted by Crippen LogP contribution is 2.34. The van der Waals surface area contributed by atoms with Crippen LogP contribution in [0.3, 0.4) is 0 Å². The summed E-state index contributed by atoms with van der Waals surface area (Å²) in [6.45, 7) is 5.27. The standard InChI is InChI=1S/C26H24N8O2/c1-2-34-24(18-8-10-27-11-9-18)30-21-25(33-12-14-36-15-13-33)31-23(32-26(21)34)20-19(35)16-28-22(29-20)17-6-4-3-5-7-17/h3-11,16,35H,2,12-15H2,1H3. The number of ether oxygens (including phenoxy) is 1. The van der Waals surface area contributed by atoms with Gasteiger partial charge in [0.1, 0.15) is 5.82 Å². The molecule has 5 aromatic rings. The number of aromatic hydroxyl groups is 1. The van der Waals surface area contributed by atoms with Gasteiger partial charge in [0.15, 0.2) is 40.1 Å². The largest absolute Gasteiger partial charge is 0.504 e. The number of imidazole rings is 1. The number of benzene rings is 1. The fourth-order valence-electron chi connectivity index (χ4n) is 4.38. The molecule has 36 heavy (non-hydrogen) atoms. The van der Waals surface area contributed by atoms with Crippen molar-refractivity contribution in [3.05, 3.63) is 61.1 Å². The van der Waals surface area contributed by atoms with E-state index in [4.69, 9.17) is 19.7 Å². The first-order chi connectivity index (χ1) is 17.7. The molecule has 1 aliphatic rings. The highest BCUT2D eigenvalue weighted by atomic mass is 16.5. The first kappa shape index (κ1) is 22.1. The Kier molecular flexibility index (Phi) is 5.70. The van der Waals surface area contributed by atoms with Crippen LogP contribution in [0.4, 0.5) is 5.82 Å². The summed E-state index contributed by atoms with van der Waals surface area (Å²) in [5, 5.41) is 10.8. The SMILES string of the molecule is CCn1c(-c2ccncc2)nc2c(N3CCOCC3)nc(-c3nc(-c4ccccc4)ncc3O)nc21. The molecule has 0 spiro atoms. The van der Waals surface area contributed by atoms with Crippen molar-refractivity contribution in [1.82, 2.24) is 34.5 Å². The van der Waals surface area contributed by atoms with E-state index in [0.29, 0.717) is 61.5 Å². The van der Waals surface area contributed by atoms with Crippen molar-refractivity contribution in [3.8, 4) is 40.0 Å². The predicted octanol–water partition coefficient (Wildman–Crippen LogP) is 3.57. The van der Waals surface area contributed by atoms with Gasteiger partial charge in [0.25, 0.3) is 0 Å². The van der Waals surface area contributed by atoms with E-state index in [1.165, 1.54) is 6.20 Å². The highest BCUT2D eigenvalue weighted by Gasteiger charge is 2.25. The second-order valence-electron chi connectivity index (χ2n) is 8.35. The van der Waals surface area contributed by atoms with Crippen molar-refractivity contribution < 1.29 is 9.84 Å². The van der Waals surface area contributed by atoms with Crippen molar-refractivity contribution in [2.75, 3.05) is 31.2 Å². The molecule has 10 nitrogen and oxygen atoms in total. The van der Waals surface area contributed by atoms with Gasteiger partial charge < -0.3 is 19.3 Å². The third-order valence-electron chi connectivity index (χ3n) is 6.15. The number of aromatic nitrogens is 7. The van der Waals surface area contributed by atoms with Gasteiger partial charge in [-0.3, -0.25) is 4.98 Å². The zero-order valence-corrected chi connectivity index (χ0v) is 19.7. The number of nitrogens with zero attached hydrogens (tertiary/aromatic N) is 8. The summed E-state index contributed by atoms with van der Waals surface area (Å²) in [7, 11) is 0. The van der Waals surface area contributed by atoms with Crippen LogP contribution in [0.5, 0.6) is 5.75 Å². The average Bonchev–Trinajstić information content (AvgIpc) is 3.33. The lowest BCUT2D eigenvalue weighted by molar-refractivity contribution is 0.122. The van der Waals surface area contributed by atoms with Gasteiger partial charge in [0.2, 0.25) is 0 Å². The Morgan fingerprint density at radius 1 is 0.889 bits per heavy atom. The summed E-state index contributed by atoms with van der Waals surface area (Å²) in [5.74, 6) is 2.20. The Labute approximate surface area is 207 Å². The molecule has 1 aromatic carbocycles. The van der Waals surface area contributed by atoms with Gasteiger partial charge in [-0.2, -0.15) is 0 Å². The monoisotopic (exact) mass is 480 g/mol. The fourth-order valence-corrected chi connectivity index (χ4v) is 4.38. The number of morpholine rings is 1. The summed E-state index contributed by atoms with van der Waals surface area (Å²) in [5.41, 5.74) is 3.43. The number of fused-ring (bicyclic) bond motifs is 1. The van der Waals surface area contributed by atoms with Gasteiger partial charge in [0, 0.05) is 43.2 Å². The summed E-state index contributed by atoms with van der Waals surface area (Å²) in [6, 6.07) is 13.5. The lowest BCUT2D eigenvalue weighted by Crippen LogP contribution is -2.37. The summed E-state index contributed by atoms with van der Waals surface area (Å²) in [4.78, 5) is 30.0. The predicted molar refractivity (Wildman–Crippen MR) is 135 cm³/mol. The quantitative estimate of drug-likeness (QED) is 0.403. The van der Waals surface area contributed by atoms with Crippen LogP contribution in [0.1, 0.15) is 6.92 Å². The second kappa shape index (κ2) is 9.31. The molecule has 0 saturated carbocycles. The molecule has 1 fully saturated rings. The minimum atomic E-state index is -0.0844. The van der Waals surface area contributed by atoms with E-state index in [2.05, 4.69) is 31.3 Å². The molecule has 0 aliphatic carbocycles. The minimum absolute atomic E-state index is 0.0844. The van der Waals surface area contributed by atoms with E-state index < -0.39 is 0 Å². The number of pyridine rings is 1. The maximum absolute atomic E-state index is 10.8. The van der Waals surface area contributed by atoms with E-state index in [1.807, 2.05) is 42.5 Å². The zero-order chi connectivity index (χ0) is 24.5. The lowest BCUT2D eigenvalue weighted by atomic mass is 10.2. The molecule has 6 rings (SSSR count). The normalized spacial score (nSPS) is 13.9. The van der Waals surface area contributed by atoms with Gasteiger partial charge >= 0.3 is 0 Å². The lowest BCUT2D eigenvalue weighted by Gasteiger charge is -2.28. The number of aryl methyl sites for hydroxylation is 1. The van der Waals surface area contributed by atoms with Crippen LogP contribution < -0.4 is 4.90 Å². The Balaban J connectivity index is 1.58. The van der Waals surface area contributed by atoms with Crippen LogP contribution >= 0.6 is 0 Å². The van der Waals surface area contributed by atoms with E-state index >= 15 is 0 Å². The van der Waals surface area contributed by atoms with E-state index in [1.54, 1.807) is 12.4 Å². The Morgan fingerprint density at radius 2 is 1.67 bits per heavy atom. The van der Waals surface area contributed by atoms with Gasteiger partial charge in [-0.15, -0.1) is 0 Å². The van der Waals surface area contributed by atoms with Crippen LogP contribution in [-0.2, 0) is 11.3 Å².